The number of aryl methyl sites for hydroxylation is 1. The molecule has 0 atom stereocenters. The van der Waals surface area contributed by atoms with Crippen molar-refractivity contribution in [2.24, 2.45) is 0 Å². The Labute approximate surface area is 142 Å². The van der Waals surface area contributed by atoms with E-state index in [2.05, 4.69) is 10.3 Å². The quantitative estimate of drug-likeness (QED) is 0.509. The lowest BCUT2D eigenvalue weighted by molar-refractivity contribution is 0.0470. The van der Waals surface area contributed by atoms with Crippen molar-refractivity contribution in [1.29, 1.82) is 0 Å². The molecule has 0 amide bonds. The number of carbonyl (C=O) groups excluding carboxylic acids is 2. The molecule has 3 aromatic rings. The molecule has 0 spiro atoms. The summed E-state index contributed by atoms with van der Waals surface area (Å²) in [5.41, 5.74) is 1.13. The lowest BCUT2D eigenvalue weighted by Gasteiger charge is -2.00. The van der Waals surface area contributed by atoms with E-state index in [1.807, 2.05) is 43.3 Å². The van der Waals surface area contributed by atoms with Crippen LogP contribution >= 0.6 is 11.3 Å². The number of nitrogens with zero attached hydrogens (tertiary/aromatic N) is 3. The minimum absolute atomic E-state index is 0.0843. The minimum atomic E-state index is -0.657. The van der Waals surface area contributed by atoms with Crippen LogP contribution in [0.5, 0.6) is 0 Å². The van der Waals surface area contributed by atoms with E-state index >= 15 is 0 Å². The van der Waals surface area contributed by atoms with Crippen LogP contribution in [0.3, 0.4) is 0 Å². The van der Waals surface area contributed by atoms with Gasteiger partial charge in [0.25, 0.3) is 0 Å². The van der Waals surface area contributed by atoms with E-state index in [0.29, 0.717) is 11.4 Å². The Morgan fingerprint density at radius 1 is 1.17 bits per heavy atom. The third-order valence-electron chi connectivity index (χ3n) is 3.28. The molecule has 0 N–H and O–H groups in total. The Balaban J connectivity index is 1.57. The molecular formula is C17H15N3O3S. The van der Waals surface area contributed by atoms with Crippen molar-refractivity contribution in [2.75, 3.05) is 6.61 Å². The largest absolute Gasteiger partial charge is 0.452 e. The minimum Gasteiger partial charge on any atom is -0.452 e. The fourth-order valence-electron chi connectivity index (χ4n) is 2.10. The molecule has 24 heavy (non-hydrogen) atoms. The molecule has 0 radical (unpaired) electrons. The summed E-state index contributed by atoms with van der Waals surface area (Å²) in [7, 11) is 0. The van der Waals surface area contributed by atoms with Crippen LogP contribution in [-0.4, -0.2) is 33.4 Å². The molecule has 2 aromatic heterocycles. The Morgan fingerprint density at radius 2 is 1.96 bits per heavy atom. The normalized spacial score (nSPS) is 10.5. The Morgan fingerprint density at radius 3 is 2.67 bits per heavy atom. The number of hydrogen-bond donors (Lipinski definition) is 0. The van der Waals surface area contributed by atoms with Gasteiger partial charge in [-0.25, -0.2) is 9.48 Å². The van der Waals surface area contributed by atoms with E-state index in [0.717, 1.165) is 10.4 Å². The van der Waals surface area contributed by atoms with Crippen molar-refractivity contribution in [1.82, 2.24) is 15.0 Å². The van der Waals surface area contributed by atoms with Gasteiger partial charge in [0.1, 0.15) is 0 Å². The molecule has 6 nitrogen and oxygen atoms in total. The fourth-order valence-corrected chi connectivity index (χ4v) is 2.89. The average Bonchev–Trinajstić information content (AvgIpc) is 3.22. The van der Waals surface area contributed by atoms with Gasteiger partial charge < -0.3 is 4.74 Å². The standard InChI is InChI=1S/C17H15N3O3S/c1-12-7-8-16(24-12)15(21)11-23-17(22)14-10-20(19-18-14)9-13-5-3-2-4-6-13/h2-8,10H,9,11H2,1H3. The van der Waals surface area contributed by atoms with E-state index in [1.165, 1.54) is 17.5 Å². The Hall–Kier alpha value is -2.80. The van der Waals surface area contributed by atoms with Crippen LogP contribution in [0.1, 0.15) is 30.6 Å². The van der Waals surface area contributed by atoms with Crippen LogP contribution in [0.25, 0.3) is 0 Å². The van der Waals surface area contributed by atoms with Crippen molar-refractivity contribution in [3.8, 4) is 0 Å². The molecule has 0 aliphatic carbocycles. The first-order valence-corrected chi connectivity index (χ1v) is 8.14. The van der Waals surface area contributed by atoms with E-state index in [1.54, 1.807) is 10.7 Å². The van der Waals surface area contributed by atoms with Gasteiger partial charge in [0.05, 0.1) is 17.6 Å². The van der Waals surface area contributed by atoms with Gasteiger partial charge in [-0.1, -0.05) is 35.5 Å². The number of hydrogen-bond acceptors (Lipinski definition) is 6. The van der Waals surface area contributed by atoms with Crippen molar-refractivity contribution in [3.63, 3.8) is 0 Å². The van der Waals surface area contributed by atoms with Crippen LogP contribution < -0.4 is 0 Å². The Bertz CT molecular complexity index is 855. The van der Waals surface area contributed by atoms with Gasteiger partial charge in [-0.15, -0.1) is 16.4 Å². The molecule has 0 bridgehead atoms. The summed E-state index contributed by atoms with van der Waals surface area (Å²) in [5.74, 6) is -0.880. The van der Waals surface area contributed by atoms with Crippen molar-refractivity contribution in [2.45, 2.75) is 13.5 Å². The molecular weight excluding hydrogens is 326 g/mol. The SMILES string of the molecule is Cc1ccc(C(=O)COC(=O)c2cn(Cc3ccccc3)nn2)s1. The van der Waals surface area contributed by atoms with Gasteiger partial charge in [0.15, 0.2) is 12.3 Å². The number of ether oxygens (including phenoxy) is 1. The Kier molecular flexibility index (Phi) is 4.81. The second kappa shape index (κ2) is 7.18. The maximum absolute atomic E-state index is 12.0. The van der Waals surface area contributed by atoms with Crippen LogP contribution in [0, 0.1) is 6.92 Å². The second-order valence-corrected chi connectivity index (χ2v) is 6.48. The van der Waals surface area contributed by atoms with Crippen LogP contribution in [0.4, 0.5) is 0 Å². The number of aromatic nitrogens is 3. The molecule has 3 rings (SSSR count). The zero-order chi connectivity index (χ0) is 16.9. The van der Waals surface area contributed by atoms with Crippen molar-refractivity contribution in [3.05, 3.63) is 69.7 Å². The average molecular weight is 341 g/mol. The van der Waals surface area contributed by atoms with Gasteiger partial charge in [-0.05, 0) is 24.6 Å². The molecule has 0 fully saturated rings. The van der Waals surface area contributed by atoms with Crippen LogP contribution in [0.15, 0.2) is 48.7 Å². The topological polar surface area (TPSA) is 74.1 Å². The predicted molar refractivity (Wildman–Crippen MR) is 89.2 cm³/mol. The van der Waals surface area contributed by atoms with Gasteiger partial charge >= 0.3 is 5.97 Å². The van der Waals surface area contributed by atoms with Gasteiger partial charge in [-0.3, -0.25) is 4.79 Å². The zero-order valence-electron chi connectivity index (χ0n) is 13.0. The summed E-state index contributed by atoms with van der Waals surface area (Å²) in [4.78, 5) is 25.5. The van der Waals surface area contributed by atoms with E-state index < -0.39 is 5.97 Å². The predicted octanol–water partition coefficient (Wildman–Crippen LogP) is 2.74. The first-order valence-electron chi connectivity index (χ1n) is 7.32. The van der Waals surface area contributed by atoms with Gasteiger partial charge in [0.2, 0.25) is 5.78 Å². The van der Waals surface area contributed by atoms with Crippen LogP contribution in [-0.2, 0) is 11.3 Å². The summed E-state index contributed by atoms with van der Waals surface area (Å²) in [6, 6.07) is 13.3. The monoisotopic (exact) mass is 341 g/mol. The summed E-state index contributed by atoms with van der Waals surface area (Å²) in [6.07, 6.45) is 1.51. The van der Waals surface area contributed by atoms with E-state index in [-0.39, 0.29) is 18.1 Å². The molecule has 1 aromatic carbocycles. The fraction of sp³-hybridized carbons (Fsp3) is 0.176. The highest BCUT2D eigenvalue weighted by molar-refractivity contribution is 7.14. The molecule has 0 aliphatic heterocycles. The second-order valence-electron chi connectivity index (χ2n) is 5.20. The molecule has 0 saturated carbocycles. The number of Topliss-reactive ketones (excluding diaryl/α,β-unsaturated/α-hetero) is 1. The third kappa shape index (κ3) is 3.94. The molecule has 0 unspecified atom stereocenters. The van der Waals surface area contributed by atoms with Gasteiger partial charge in [0, 0.05) is 4.88 Å². The molecule has 7 heteroatoms. The zero-order valence-corrected chi connectivity index (χ0v) is 13.8. The molecule has 122 valence electrons. The molecule has 0 aliphatic rings. The lowest BCUT2D eigenvalue weighted by atomic mass is 10.2. The third-order valence-corrected chi connectivity index (χ3v) is 4.33. The number of benzene rings is 1. The van der Waals surface area contributed by atoms with Gasteiger partial charge in [-0.2, -0.15) is 0 Å². The number of ketones is 1. The van der Waals surface area contributed by atoms with Crippen LogP contribution in [0.2, 0.25) is 0 Å². The van der Waals surface area contributed by atoms with E-state index in [9.17, 15) is 9.59 Å². The number of rotatable bonds is 6. The first kappa shape index (κ1) is 16.1. The lowest BCUT2D eigenvalue weighted by Crippen LogP contribution is -2.13. The van der Waals surface area contributed by atoms with E-state index in [4.69, 9.17) is 4.74 Å². The molecule has 2 heterocycles. The molecule has 0 saturated heterocycles. The number of thiophene rings is 1. The number of esters is 1. The van der Waals surface area contributed by atoms with Crippen molar-refractivity contribution >= 4 is 23.1 Å². The highest BCUT2D eigenvalue weighted by Crippen LogP contribution is 2.15. The van der Waals surface area contributed by atoms with Crippen molar-refractivity contribution < 1.29 is 14.3 Å². The maximum Gasteiger partial charge on any atom is 0.360 e. The first-order chi connectivity index (χ1) is 11.6. The highest BCUT2D eigenvalue weighted by Gasteiger charge is 2.16. The summed E-state index contributed by atoms with van der Waals surface area (Å²) in [6.45, 7) is 2.12. The number of carbonyl (C=O) groups is 2. The summed E-state index contributed by atoms with van der Waals surface area (Å²) >= 11 is 1.38. The summed E-state index contributed by atoms with van der Waals surface area (Å²) in [5, 5.41) is 7.70. The summed E-state index contributed by atoms with van der Waals surface area (Å²) < 4.78 is 6.57. The smallest absolute Gasteiger partial charge is 0.360 e. The highest BCUT2D eigenvalue weighted by atomic mass is 32.1. The maximum atomic E-state index is 12.0.